The third-order valence-electron chi connectivity index (χ3n) is 5.85. The number of carbonyl (C=O) groups is 1. The fourth-order valence-corrected chi connectivity index (χ4v) is 5.52. The largest absolute Gasteiger partial charge is 0.492 e. The molecule has 0 bridgehead atoms. The van der Waals surface area contributed by atoms with E-state index in [1.807, 2.05) is 86.3 Å². The van der Waals surface area contributed by atoms with Gasteiger partial charge in [0.15, 0.2) is 5.17 Å². The molecule has 0 radical (unpaired) electrons. The minimum absolute atomic E-state index is 0.0836. The van der Waals surface area contributed by atoms with Crippen LogP contribution in [-0.2, 0) is 9.53 Å². The lowest BCUT2D eigenvalue weighted by atomic mass is 10.1. The molecule has 2 aromatic carbocycles. The summed E-state index contributed by atoms with van der Waals surface area (Å²) in [6.45, 7) is 7.93. The fourth-order valence-electron chi connectivity index (χ4n) is 4.36. The molecule has 186 valence electrons. The highest BCUT2D eigenvalue weighted by Crippen LogP contribution is 2.36. The molecule has 0 saturated carbocycles. The quantitative estimate of drug-likeness (QED) is 0.402. The lowest BCUT2D eigenvalue weighted by molar-refractivity contribution is -0.113. The summed E-state index contributed by atoms with van der Waals surface area (Å²) < 4.78 is 13.2. The van der Waals surface area contributed by atoms with Gasteiger partial charge in [-0.25, -0.2) is 4.68 Å². The monoisotopic (exact) mass is 522 g/mol. The van der Waals surface area contributed by atoms with Gasteiger partial charge >= 0.3 is 0 Å². The van der Waals surface area contributed by atoms with E-state index < -0.39 is 0 Å². The van der Waals surface area contributed by atoms with E-state index in [9.17, 15) is 4.79 Å². The van der Waals surface area contributed by atoms with E-state index >= 15 is 0 Å². The first-order valence-corrected chi connectivity index (χ1v) is 13.1. The van der Waals surface area contributed by atoms with Crippen molar-refractivity contribution in [2.75, 3.05) is 19.7 Å². The highest BCUT2D eigenvalue weighted by atomic mass is 35.5. The number of para-hydroxylation sites is 1. The summed E-state index contributed by atoms with van der Waals surface area (Å²) >= 11 is 7.88. The van der Waals surface area contributed by atoms with Gasteiger partial charge in [-0.3, -0.25) is 4.79 Å². The van der Waals surface area contributed by atoms with Crippen LogP contribution in [-0.4, -0.2) is 57.7 Å². The molecule has 36 heavy (non-hydrogen) atoms. The second-order valence-electron chi connectivity index (χ2n) is 8.76. The van der Waals surface area contributed by atoms with E-state index in [0.29, 0.717) is 41.1 Å². The molecular formula is C27H27ClN4O3S. The summed E-state index contributed by atoms with van der Waals surface area (Å²) in [5.74, 6) is 0.379. The van der Waals surface area contributed by atoms with E-state index in [0.717, 1.165) is 22.0 Å². The maximum atomic E-state index is 12.9. The molecule has 0 spiro atoms. The Hall–Kier alpha value is -3.07. The molecule has 3 aromatic rings. The summed E-state index contributed by atoms with van der Waals surface area (Å²) in [6, 6.07) is 15.5. The Labute approximate surface area is 219 Å². The predicted molar refractivity (Wildman–Crippen MR) is 145 cm³/mol. The Morgan fingerprint density at radius 1 is 1.17 bits per heavy atom. The van der Waals surface area contributed by atoms with Crippen LogP contribution in [0.3, 0.4) is 0 Å². The first-order chi connectivity index (χ1) is 17.4. The molecule has 0 N–H and O–H groups in total. The number of hydrogen-bond donors (Lipinski definition) is 0. The van der Waals surface area contributed by atoms with Gasteiger partial charge in [0.1, 0.15) is 11.4 Å². The number of nitrogens with zero attached hydrogens (tertiary/aromatic N) is 4. The molecule has 9 heteroatoms. The van der Waals surface area contributed by atoms with Crippen LogP contribution in [0.4, 0.5) is 0 Å². The summed E-state index contributed by atoms with van der Waals surface area (Å²) in [5.41, 5.74) is 3.26. The van der Waals surface area contributed by atoms with Crippen LogP contribution in [0.5, 0.6) is 5.75 Å². The van der Waals surface area contributed by atoms with Gasteiger partial charge in [-0.1, -0.05) is 29.8 Å². The SMILES string of the molecule is CCOc1ccc(-c2nn(-c3ccccc3)cc2/C=C2\SC(N3C[C@H](C)O[C@@H](C)C3)=NC2=O)cc1Cl. The first kappa shape index (κ1) is 24.6. The molecule has 7 nitrogen and oxygen atoms in total. The van der Waals surface area contributed by atoms with Gasteiger partial charge in [0.05, 0.1) is 34.4 Å². The van der Waals surface area contributed by atoms with Gasteiger partial charge < -0.3 is 14.4 Å². The van der Waals surface area contributed by atoms with Crippen LogP contribution in [0.1, 0.15) is 26.3 Å². The van der Waals surface area contributed by atoms with Crippen LogP contribution in [0.15, 0.2) is 64.6 Å². The molecule has 0 unspecified atom stereocenters. The molecule has 2 aliphatic heterocycles. The number of morpholine rings is 1. The number of ether oxygens (including phenoxy) is 2. The summed E-state index contributed by atoms with van der Waals surface area (Å²) in [5, 5.41) is 6.08. The number of amidine groups is 1. The van der Waals surface area contributed by atoms with Crippen molar-refractivity contribution >= 4 is 40.5 Å². The lowest BCUT2D eigenvalue weighted by Gasteiger charge is -2.35. The molecule has 1 amide bonds. The number of hydrogen-bond acceptors (Lipinski definition) is 6. The maximum absolute atomic E-state index is 12.9. The van der Waals surface area contributed by atoms with Gasteiger partial charge in [-0.2, -0.15) is 10.1 Å². The Morgan fingerprint density at radius 2 is 1.92 bits per heavy atom. The Kier molecular flexibility index (Phi) is 7.18. The van der Waals surface area contributed by atoms with Crippen molar-refractivity contribution in [2.24, 2.45) is 4.99 Å². The average molecular weight is 523 g/mol. The van der Waals surface area contributed by atoms with Crippen molar-refractivity contribution in [1.29, 1.82) is 0 Å². The Balaban J connectivity index is 1.50. The lowest BCUT2D eigenvalue weighted by Crippen LogP contribution is -2.47. The average Bonchev–Trinajstić information content (AvgIpc) is 3.44. The smallest absolute Gasteiger partial charge is 0.286 e. The Morgan fingerprint density at radius 3 is 2.61 bits per heavy atom. The third kappa shape index (κ3) is 5.21. The molecule has 1 aromatic heterocycles. The second-order valence-corrected chi connectivity index (χ2v) is 10.2. The third-order valence-corrected chi connectivity index (χ3v) is 7.19. The van der Waals surface area contributed by atoms with Crippen molar-refractivity contribution in [3.05, 3.63) is 70.2 Å². The molecule has 2 aliphatic rings. The van der Waals surface area contributed by atoms with E-state index in [1.54, 1.807) is 0 Å². The van der Waals surface area contributed by atoms with Crippen molar-refractivity contribution in [2.45, 2.75) is 33.0 Å². The minimum atomic E-state index is -0.245. The number of carbonyl (C=O) groups excluding carboxylic acids is 1. The zero-order chi connectivity index (χ0) is 25.2. The van der Waals surface area contributed by atoms with Crippen LogP contribution >= 0.6 is 23.4 Å². The standard InChI is InChI=1S/C27H27ClN4O3S/c1-4-34-23-11-10-19(12-22(23)28)25-20(16-32(30-25)21-8-6-5-7-9-21)13-24-26(33)29-27(36-24)31-14-17(2)35-18(3)15-31/h5-13,16-18H,4,14-15H2,1-3H3/b24-13-/t17-,18-/m0/s1. The van der Waals surface area contributed by atoms with Gasteiger partial charge in [0.25, 0.3) is 5.91 Å². The number of aliphatic imine (C=N–C) groups is 1. The number of aromatic nitrogens is 2. The van der Waals surface area contributed by atoms with Gasteiger partial charge in [-0.15, -0.1) is 0 Å². The fraction of sp³-hybridized carbons (Fsp3) is 0.296. The molecule has 3 heterocycles. The molecule has 1 fully saturated rings. The molecule has 0 aliphatic carbocycles. The van der Waals surface area contributed by atoms with Gasteiger partial charge in [0, 0.05) is 30.4 Å². The van der Waals surface area contributed by atoms with Crippen LogP contribution in [0.2, 0.25) is 5.02 Å². The normalized spacial score (nSPS) is 21.2. The zero-order valence-electron chi connectivity index (χ0n) is 20.3. The van der Waals surface area contributed by atoms with Crippen molar-refractivity contribution in [3.63, 3.8) is 0 Å². The van der Waals surface area contributed by atoms with Crippen LogP contribution < -0.4 is 4.74 Å². The summed E-state index contributed by atoms with van der Waals surface area (Å²) in [6.07, 6.45) is 3.95. The van der Waals surface area contributed by atoms with Crippen molar-refractivity contribution < 1.29 is 14.3 Å². The van der Waals surface area contributed by atoms with Crippen LogP contribution in [0, 0.1) is 0 Å². The second kappa shape index (κ2) is 10.5. The molecule has 5 rings (SSSR count). The molecule has 1 saturated heterocycles. The molecule has 2 atom stereocenters. The van der Waals surface area contributed by atoms with E-state index in [1.165, 1.54) is 11.8 Å². The van der Waals surface area contributed by atoms with Crippen molar-refractivity contribution in [1.82, 2.24) is 14.7 Å². The molecular weight excluding hydrogens is 496 g/mol. The van der Waals surface area contributed by atoms with Gasteiger partial charge in [-0.05, 0) is 68.9 Å². The summed E-state index contributed by atoms with van der Waals surface area (Å²) in [7, 11) is 0. The number of thioether (sulfide) groups is 1. The van der Waals surface area contributed by atoms with Crippen LogP contribution in [0.25, 0.3) is 23.0 Å². The number of amides is 1. The number of benzene rings is 2. The highest BCUT2D eigenvalue weighted by Gasteiger charge is 2.31. The van der Waals surface area contributed by atoms with Crippen molar-refractivity contribution in [3.8, 4) is 22.7 Å². The minimum Gasteiger partial charge on any atom is -0.492 e. The van der Waals surface area contributed by atoms with E-state index in [-0.39, 0.29) is 18.1 Å². The van der Waals surface area contributed by atoms with E-state index in [4.69, 9.17) is 26.2 Å². The Bertz CT molecular complexity index is 1330. The first-order valence-electron chi connectivity index (χ1n) is 11.9. The topological polar surface area (TPSA) is 68.9 Å². The highest BCUT2D eigenvalue weighted by molar-refractivity contribution is 8.18. The number of halogens is 1. The summed E-state index contributed by atoms with van der Waals surface area (Å²) in [4.78, 5) is 19.9. The van der Waals surface area contributed by atoms with E-state index in [2.05, 4.69) is 9.89 Å². The van der Waals surface area contributed by atoms with Gasteiger partial charge in [0.2, 0.25) is 0 Å². The maximum Gasteiger partial charge on any atom is 0.286 e. The number of rotatable bonds is 5. The zero-order valence-corrected chi connectivity index (χ0v) is 21.9. The predicted octanol–water partition coefficient (Wildman–Crippen LogP) is 5.67.